The second-order valence-electron chi connectivity index (χ2n) is 5.75. The lowest BCUT2D eigenvalue weighted by molar-refractivity contribution is 0.151. The molecule has 92 valence electrons. The molecule has 0 N–H and O–H groups in total. The molecular weight excluding hydrogens is 180 g/mol. The van der Waals surface area contributed by atoms with Crippen molar-refractivity contribution in [1.82, 2.24) is 0 Å². The fourth-order valence-corrected chi connectivity index (χ4v) is 2.33. The molecule has 0 aliphatic carbocycles. The van der Waals surface area contributed by atoms with Crippen molar-refractivity contribution in [2.45, 2.75) is 80.1 Å². The van der Waals surface area contributed by atoms with Crippen LogP contribution < -0.4 is 0 Å². The highest BCUT2D eigenvalue weighted by molar-refractivity contribution is 4.79. The normalized spacial score (nSPS) is 19.6. The van der Waals surface area contributed by atoms with Crippen molar-refractivity contribution in [2.24, 2.45) is 17.3 Å². The third kappa shape index (κ3) is 5.04. The van der Waals surface area contributed by atoms with Gasteiger partial charge >= 0.3 is 0 Å². The second-order valence-corrected chi connectivity index (χ2v) is 5.75. The van der Waals surface area contributed by atoms with E-state index < -0.39 is 0 Å². The Labute approximate surface area is 97.8 Å². The molecule has 0 aromatic rings. The van der Waals surface area contributed by atoms with Gasteiger partial charge < -0.3 is 0 Å². The van der Waals surface area contributed by atoms with Crippen LogP contribution in [-0.2, 0) is 0 Å². The SMILES string of the molecule is CCCC(C)C(C)(CC)CCC(C)CC. The zero-order valence-electron chi connectivity index (χ0n) is 11.9. The van der Waals surface area contributed by atoms with Gasteiger partial charge in [0.25, 0.3) is 0 Å². The van der Waals surface area contributed by atoms with Crippen molar-refractivity contribution in [3.63, 3.8) is 0 Å². The van der Waals surface area contributed by atoms with Gasteiger partial charge in [-0.3, -0.25) is 0 Å². The quantitative estimate of drug-likeness (QED) is 0.486. The largest absolute Gasteiger partial charge is 0.0654 e. The predicted octanol–water partition coefficient (Wildman–Crippen LogP) is 5.67. The highest BCUT2D eigenvalue weighted by Crippen LogP contribution is 2.39. The second kappa shape index (κ2) is 7.30. The van der Waals surface area contributed by atoms with E-state index in [4.69, 9.17) is 0 Å². The van der Waals surface area contributed by atoms with Gasteiger partial charge in [0.15, 0.2) is 0 Å². The molecule has 3 atom stereocenters. The monoisotopic (exact) mass is 212 g/mol. The summed E-state index contributed by atoms with van der Waals surface area (Å²) in [5.41, 5.74) is 0.583. The van der Waals surface area contributed by atoms with E-state index in [0.717, 1.165) is 11.8 Å². The van der Waals surface area contributed by atoms with Gasteiger partial charge in [-0.05, 0) is 23.7 Å². The van der Waals surface area contributed by atoms with E-state index in [0.29, 0.717) is 5.41 Å². The molecule has 0 saturated heterocycles. The molecule has 0 nitrogen and oxygen atoms in total. The van der Waals surface area contributed by atoms with E-state index in [2.05, 4.69) is 41.5 Å². The molecule has 0 saturated carbocycles. The van der Waals surface area contributed by atoms with Gasteiger partial charge in [0, 0.05) is 0 Å². The molecule has 3 unspecified atom stereocenters. The summed E-state index contributed by atoms with van der Waals surface area (Å²) in [6, 6.07) is 0. The van der Waals surface area contributed by atoms with Crippen LogP contribution >= 0.6 is 0 Å². The van der Waals surface area contributed by atoms with Crippen molar-refractivity contribution in [3.8, 4) is 0 Å². The van der Waals surface area contributed by atoms with E-state index in [1.54, 1.807) is 0 Å². The third-order valence-corrected chi connectivity index (χ3v) is 4.62. The highest BCUT2D eigenvalue weighted by Gasteiger charge is 2.28. The molecule has 0 aromatic carbocycles. The summed E-state index contributed by atoms with van der Waals surface area (Å²) in [6.07, 6.45) is 8.23. The Bertz CT molecular complexity index is 150. The maximum Gasteiger partial charge on any atom is -0.0303 e. The summed E-state index contributed by atoms with van der Waals surface area (Å²) in [6.45, 7) is 14.3. The van der Waals surface area contributed by atoms with Crippen LogP contribution in [0.25, 0.3) is 0 Å². The van der Waals surface area contributed by atoms with E-state index in [1.165, 1.54) is 38.5 Å². The zero-order valence-corrected chi connectivity index (χ0v) is 11.9. The lowest BCUT2D eigenvalue weighted by Crippen LogP contribution is -2.25. The van der Waals surface area contributed by atoms with Gasteiger partial charge in [-0.15, -0.1) is 0 Å². The van der Waals surface area contributed by atoms with Gasteiger partial charge in [0.2, 0.25) is 0 Å². The summed E-state index contributed by atoms with van der Waals surface area (Å²) in [4.78, 5) is 0. The number of hydrogen-bond acceptors (Lipinski definition) is 0. The molecule has 0 aliphatic rings. The number of rotatable bonds is 8. The molecule has 0 fully saturated rings. The first-order valence-corrected chi connectivity index (χ1v) is 7.00. The Balaban J connectivity index is 4.17. The van der Waals surface area contributed by atoms with Crippen LogP contribution in [0.1, 0.15) is 80.1 Å². The van der Waals surface area contributed by atoms with Crippen LogP contribution in [0.2, 0.25) is 0 Å². The third-order valence-electron chi connectivity index (χ3n) is 4.62. The summed E-state index contributed by atoms with van der Waals surface area (Å²) >= 11 is 0. The van der Waals surface area contributed by atoms with Crippen molar-refractivity contribution in [2.75, 3.05) is 0 Å². The first-order valence-electron chi connectivity index (χ1n) is 7.00. The summed E-state index contributed by atoms with van der Waals surface area (Å²) in [5, 5.41) is 0. The summed E-state index contributed by atoms with van der Waals surface area (Å²) < 4.78 is 0. The minimum Gasteiger partial charge on any atom is -0.0654 e. The van der Waals surface area contributed by atoms with Crippen LogP contribution in [0.3, 0.4) is 0 Å². The smallest absolute Gasteiger partial charge is 0.0303 e. The molecule has 0 bridgehead atoms. The van der Waals surface area contributed by atoms with Gasteiger partial charge in [0.1, 0.15) is 0 Å². The Morgan fingerprint density at radius 2 is 1.60 bits per heavy atom. The average Bonchev–Trinajstić information content (AvgIpc) is 2.25. The van der Waals surface area contributed by atoms with Crippen LogP contribution in [0.15, 0.2) is 0 Å². The molecule has 0 spiro atoms. The predicted molar refractivity (Wildman–Crippen MR) is 71.2 cm³/mol. The lowest BCUT2D eigenvalue weighted by Gasteiger charge is -2.36. The van der Waals surface area contributed by atoms with E-state index in [9.17, 15) is 0 Å². The number of hydrogen-bond donors (Lipinski definition) is 0. The van der Waals surface area contributed by atoms with E-state index >= 15 is 0 Å². The van der Waals surface area contributed by atoms with Crippen molar-refractivity contribution in [1.29, 1.82) is 0 Å². The molecule has 0 rings (SSSR count). The van der Waals surface area contributed by atoms with Crippen LogP contribution in [0.5, 0.6) is 0 Å². The lowest BCUT2D eigenvalue weighted by atomic mass is 9.70. The summed E-state index contributed by atoms with van der Waals surface area (Å²) in [5.74, 6) is 1.79. The molecule has 0 heteroatoms. The Kier molecular flexibility index (Phi) is 7.30. The molecular formula is C15H32. The minimum absolute atomic E-state index is 0.583. The molecule has 15 heavy (non-hydrogen) atoms. The fraction of sp³-hybridized carbons (Fsp3) is 1.00. The topological polar surface area (TPSA) is 0 Å². The van der Waals surface area contributed by atoms with E-state index in [1.807, 2.05) is 0 Å². The Hall–Kier alpha value is 0. The molecule has 0 heterocycles. The molecule has 0 aromatic heterocycles. The minimum atomic E-state index is 0.583. The van der Waals surface area contributed by atoms with Gasteiger partial charge in [-0.2, -0.15) is 0 Å². The van der Waals surface area contributed by atoms with Crippen LogP contribution in [-0.4, -0.2) is 0 Å². The first-order chi connectivity index (χ1) is 7.00. The zero-order chi connectivity index (χ0) is 11.9. The van der Waals surface area contributed by atoms with Crippen LogP contribution in [0.4, 0.5) is 0 Å². The highest BCUT2D eigenvalue weighted by atomic mass is 14.3. The maximum atomic E-state index is 2.50. The Morgan fingerprint density at radius 3 is 2.00 bits per heavy atom. The first kappa shape index (κ1) is 15.0. The van der Waals surface area contributed by atoms with Gasteiger partial charge in [-0.25, -0.2) is 0 Å². The summed E-state index contributed by atoms with van der Waals surface area (Å²) in [7, 11) is 0. The van der Waals surface area contributed by atoms with Gasteiger partial charge in [-0.1, -0.05) is 73.6 Å². The van der Waals surface area contributed by atoms with Crippen molar-refractivity contribution >= 4 is 0 Å². The van der Waals surface area contributed by atoms with Gasteiger partial charge in [0.05, 0.1) is 0 Å². The molecule has 0 amide bonds. The van der Waals surface area contributed by atoms with Crippen molar-refractivity contribution < 1.29 is 0 Å². The fourth-order valence-electron chi connectivity index (χ4n) is 2.33. The average molecular weight is 212 g/mol. The Morgan fingerprint density at radius 1 is 1.00 bits per heavy atom. The molecule has 0 radical (unpaired) electrons. The van der Waals surface area contributed by atoms with E-state index in [-0.39, 0.29) is 0 Å². The maximum absolute atomic E-state index is 2.50. The van der Waals surface area contributed by atoms with Crippen LogP contribution in [0, 0.1) is 17.3 Å². The standard InChI is InChI=1S/C15H32/c1-7-10-14(5)15(6,9-3)12-11-13(4)8-2/h13-14H,7-12H2,1-6H3. The molecule has 0 aliphatic heterocycles. The van der Waals surface area contributed by atoms with Crippen molar-refractivity contribution in [3.05, 3.63) is 0 Å².